The molecule has 1 N–H and O–H groups in total. The van der Waals surface area contributed by atoms with E-state index in [1.807, 2.05) is 13.0 Å². The number of hydrogen-bond acceptors (Lipinski definition) is 3. The molecule has 2 bridgehead atoms. The number of amides is 1. The van der Waals surface area contributed by atoms with Crippen molar-refractivity contribution in [2.24, 2.45) is 17.8 Å². The van der Waals surface area contributed by atoms with Crippen LogP contribution in [0.25, 0.3) is 0 Å². The van der Waals surface area contributed by atoms with E-state index in [1.54, 1.807) is 12.1 Å². The van der Waals surface area contributed by atoms with Crippen molar-refractivity contribution in [3.63, 3.8) is 0 Å². The number of aryl methyl sites for hydroxylation is 1. The lowest BCUT2D eigenvalue weighted by Gasteiger charge is -2.21. The summed E-state index contributed by atoms with van der Waals surface area (Å²) >= 11 is 0. The number of fused-ring (bicyclic) bond motifs is 2. The molecule has 2 saturated carbocycles. The molecule has 2 aliphatic carbocycles. The zero-order chi connectivity index (χ0) is 15.7. The van der Waals surface area contributed by atoms with Gasteiger partial charge in [0.1, 0.15) is 0 Å². The number of ether oxygens (including phenoxy) is 1. The summed E-state index contributed by atoms with van der Waals surface area (Å²) < 4.78 is 4.73. The van der Waals surface area contributed by atoms with Gasteiger partial charge < -0.3 is 10.1 Å². The first-order chi connectivity index (χ1) is 10.6. The van der Waals surface area contributed by atoms with Crippen molar-refractivity contribution in [1.29, 1.82) is 0 Å². The van der Waals surface area contributed by atoms with Gasteiger partial charge >= 0.3 is 5.97 Å². The van der Waals surface area contributed by atoms with Gasteiger partial charge in [0.25, 0.3) is 0 Å². The van der Waals surface area contributed by atoms with Gasteiger partial charge in [0, 0.05) is 12.1 Å². The molecular formula is C18H23NO3. The number of benzene rings is 1. The predicted molar refractivity (Wildman–Crippen MR) is 84.7 cm³/mol. The summed E-state index contributed by atoms with van der Waals surface area (Å²) in [5.74, 6) is 1.82. The highest BCUT2D eigenvalue weighted by atomic mass is 16.5. The molecule has 4 nitrogen and oxygen atoms in total. The van der Waals surface area contributed by atoms with Crippen molar-refractivity contribution in [2.75, 3.05) is 12.4 Å². The lowest BCUT2D eigenvalue weighted by molar-refractivity contribution is -0.117. The number of rotatable bonds is 4. The van der Waals surface area contributed by atoms with Crippen LogP contribution in [0.15, 0.2) is 18.2 Å². The minimum absolute atomic E-state index is 0.0580. The van der Waals surface area contributed by atoms with Gasteiger partial charge in [0.2, 0.25) is 5.91 Å². The highest BCUT2D eigenvalue weighted by molar-refractivity contribution is 5.95. The van der Waals surface area contributed by atoms with Gasteiger partial charge in [-0.3, -0.25) is 4.79 Å². The Bertz CT molecular complexity index is 596. The van der Waals surface area contributed by atoms with Gasteiger partial charge in [0.15, 0.2) is 0 Å². The van der Waals surface area contributed by atoms with Crippen molar-refractivity contribution in [3.05, 3.63) is 29.3 Å². The average molecular weight is 301 g/mol. The first kappa shape index (κ1) is 15.1. The molecule has 0 saturated heterocycles. The summed E-state index contributed by atoms with van der Waals surface area (Å²) in [6.45, 7) is 1.92. The van der Waals surface area contributed by atoms with E-state index in [0.29, 0.717) is 23.6 Å². The smallest absolute Gasteiger partial charge is 0.337 e. The van der Waals surface area contributed by atoms with E-state index in [1.165, 1.54) is 32.8 Å². The number of nitrogens with one attached hydrogen (secondary N) is 1. The first-order valence-electron chi connectivity index (χ1n) is 8.05. The lowest BCUT2D eigenvalue weighted by atomic mass is 9.86. The summed E-state index contributed by atoms with van der Waals surface area (Å²) in [5, 5.41) is 2.97. The van der Waals surface area contributed by atoms with Crippen LogP contribution in [-0.4, -0.2) is 19.0 Å². The van der Waals surface area contributed by atoms with Crippen LogP contribution in [0.5, 0.6) is 0 Å². The fourth-order valence-electron chi connectivity index (χ4n) is 4.07. The standard InChI is InChI=1S/C18H23NO3/c1-11-3-5-14(18(21)22-2)9-16(11)19-17(20)10-15-8-12-4-6-13(15)7-12/h3,5,9,12-13,15H,4,6-8,10H2,1-2H3,(H,19,20)/t12-,13+,15-/m1/s1. The second-order valence-corrected chi connectivity index (χ2v) is 6.71. The first-order valence-corrected chi connectivity index (χ1v) is 8.05. The molecule has 4 heteroatoms. The van der Waals surface area contributed by atoms with E-state index in [-0.39, 0.29) is 11.9 Å². The third-order valence-electron chi connectivity index (χ3n) is 5.26. The summed E-state index contributed by atoms with van der Waals surface area (Å²) in [6, 6.07) is 5.24. The van der Waals surface area contributed by atoms with Gasteiger partial charge in [0.05, 0.1) is 12.7 Å². The molecule has 2 fully saturated rings. The van der Waals surface area contributed by atoms with E-state index in [9.17, 15) is 9.59 Å². The Morgan fingerprint density at radius 3 is 2.73 bits per heavy atom. The molecular weight excluding hydrogens is 278 g/mol. The van der Waals surface area contributed by atoms with Crippen LogP contribution in [0, 0.1) is 24.7 Å². The molecule has 1 aromatic carbocycles. The van der Waals surface area contributed by atoms with Gasteiger partial charge in [-0.1, -0.05) is 12.5 Å². The summed E-state index contributed by atoms with van der Waals surface area (Å²) in [5.41, 5.74) is 2.12. The lowest BCUT2D eigenvalue weighted by Crippen LogP contribution is -2.20. The fourth-order valence-corrected chi connectivity index (χ4v) is 4.07. The van der Waals surface area contributed by atoms with E-state index >= 15 is 0 Å². The Balaban J connectivity index is 1.64. The van der Waals surface area contributed by atoms with E-state index in [0.717, 1.165) is 17.4 Å². The molecule has 118 valence electrons. The Kier molecular flexibility index (Phi) is 4.19. The van der Waals surface area contributed by atoms with Crippen molar-refractivity contribution < 1.29 is 14.3 Å². The number of esters is 1. The van der Waals surface area contributed by atoms with Crippen LogP contribution in [-0.2, 0) is 9.53 Å². The predicted octanol–water partition coefficient (Wildman–Crippen LogP) is 3.55. The maximum atomic E-state index is 12.3. The highest BCUT2D eigenvalue weighted by Crippen LogP contribution is 2.49. The molecule has 0 spiro atoms. The fraction of sp³-hybridized carbons (Fsp3) is 0.556. The van der Waals surface area contributed by atoms with Crippen LogP contribution < -0.4 is 5.32 Å². The molecule has 1 amide bonds. The summed E-state index contributed by atoms with van der Waals surface area (Å²) in [7, 11) is 1.36. The number of methoxy groups -OCH3 is 1. The highest BCUT2D eigenvalue weighted by Gasteiger charge is 2.40. The Morgan fingerprint density at radius 2 is 2.09 bits per heavy atom. The van der Waals surface area contributed by atoms with Gasteiger partial charge in [-0.25, -0.2) is 4.79 Å². The molecule has 1 aromatic rings. The van der Waals surface area contributed by atoms with Crippen LogP contribution >= 0.6 is 0 Å². The van der Waals surface area contributed by atoms with Crippen LogP contribution in [0.3, 0.4) is 0 Å². The molecule has 22 heavy (non-hydrogen) atoms. The third kappa shape index (κ3) is 3.01. The monoisotopic (exact) mass is 301 g/mol. The zero-order valence-corrected chi connectivity index (χ0v) is 13.2. The third-order valence-corrected chi connectivity index (χ3v) is 5.26. The average Bonchev–Trinajstić information content (AvgIpc) is 3.11. The van der Waals surface area contributed by atoms with Crippen molar-refractivity contribution >= 4 is 17.6 Å². The minimum Gasteiger partial charge on any atom is -0.465 e. The Morgan fingerprint density at radius 1 is 1.27 bits per heavy atom. The van der Waals surface area contributed by atoms with Crippen molar-refractivity contribution in [3.8, 4) is 0 Å². The number of carbonyl (C=O) groups is 2. The molecule has 0 heterocycles. The Labute approximate surface area is 131 Å². The van der Waals surface area contributed by atoms with Gasteiger partial charge in [-0.2, -0.15) is 0 Å². The topological polar surface area (TPSA) is 55.4 Å². The van der Waals surface area contributed by atoms with Crippen molar-refractivity contribution in [1.82, 2.24) is 0 Å². The van der Waals surface area contributed by atoms with Crippen molar-refractivity contribution in [2.45, 2.75) is 39.0 Å². The molecule has 0 unspecified atom stereocenters. The molecule has 0 radical (unpaired) electrons. The maximum absolute atomic E-state index is 12.3. The zero-order valence-electron chi connectivity index (χ0n) is 13.2. The minimum atomic E-state index is -0.386. The quantitative estimate of drug-likeness (QED) is 0.865. The summed E-state index contributed by atoms with van der Waals surface area (Å²) in [4.78, 5) is 23.9. The van der Waals surface area contributed by atoms with E-state index in [4.69, 9.17) is 4.74 Å². The molecule has 3 atom stereocenters. The molecule has 2 aliphatic rings. The molecule has 0 aliphatic heterocycles. The number of carbonyl (C=O) groups excluding carboxylic acids is 2. The number of anilines is 1. The second kappa shape index (κ2) is 6.11. The molecule has 0 aromatic heterocycles. The van der Waals surface area contributed by atoms with E-state index < -0.39 is 0 Å². The SMILES string of the molecule is COC(=O)c1ccc(C)c(NC(=O)C[C@H]2C[C@@H]3CC[C@H]2C3)c1. The van der Waals surface area contributed by atoms with E-state index in [2.05, 4.69) is 5.32 Å². The largest absolute Gasteiger partial charge is 0.465 e. The normalized spacial score (nSPS) is 26.0. The van der Waals surface area contributed by atoms with Gasteiger partial charge in [-0.15, -0.1) is 0 Å². The van der Waals surface area contributed by atoms with Gasteiger partial charge in [-0.05, 0) is 61.6 Å². The Hall–Kier alpha value is -1.84. The van der Waals surface area contributed by atoms with Crippen LogP contribution in [0.1, 0.15) is 48.0 Å². The second-order valence-electron chi connectivity index (χ2n) is 6.71. The van der Waals surface area contributed by atoms with Crippen LogP contribution in [0.4, 0.5) is 5.69 Å². The molecule has 3 rings (SSSR count). The maximum Gasteiger partial charge on any atom is 0.337 e. The van der Waals surface area contributed by atoms with Crippen LogP contribution in [0.2, 0.25) is 0 Å². The summed E-state index contributed by atoms with van der Waals surface area (Å²) in [6.07, 6.45) is 5.76. The number of hydrogen-bond donors (Lipinski definition) is 1.